The largest absolute Gasteiger partial charge is 0.416 e. The highest BCUT2D eigenvalue weighted by Gasteiger charge is 2.37. The van der Waals surface area contributed by atoms with Gasteiger partial charge in [-0.05, 0) is 37.0 Å². The number of unbranched alkanes of at least 4 members (excludes halogenated alkanes) is 1. The second kappa shape index (κ2) is 10.4. The van der Waals surface area contributed by atoms with E-state index in [1.165, 1.54) is 6.20 Å². The summed E-state index contributed by atoms with van der Waals surface area (Å²) in [6.07, 6.45) is -5.43. The molecule has 0 radical (unpaired) electrons. The van der Waals surface area contributed by atoms with E-state index in [1.807, 2.05) is 20.8 Å². The maximum atomic E-state index is 13.1. The lowest BCUT2D eigenvalue weighted by atomic mass is 9.91. The van der Waals surface area contributed by atoms with E-state index in [0.29, 0.717) is 24.5 Å². The molecule has 2 rings (SSSR count). The number of alkyl halides is 6. The van der Waals surface area contributed by atoms with Crippen molar-refractivity contribution >= 4 is 5.91 Å². The average Bonchev–Trinajstić information content (AvgIpc) is 3.16. The third kappa shape index (κ3) is 7.23. The summed E-state index contributed by atoms with van der Waals surface area (Å²) in [5.41, 5.74) is -3.11. The molecule has 0 saturated heterocycles. The van der Waals surface area contributed by atoms with Gasteiger partial charge < -0.3 is 5.32 Å². The fraction of sp³-hybridized carbons (Fsp3) is 0.571. The molecule has 1 aromatic carbocycles. The molecular formula is C21H26F6N4O. The summed E-state index contributed by atoms with van der Waals surface area (Å²) in [6.45, 7) is 6.02. The minimum absolute atomic E-state index is 0.0371. The molecule has 0 aliphatic rings. The lowest BCUT2D eigenvalue weighted by molar-refractivity contribution is -0.143. The molecule has 1 aromatic heterocycles. The summed E-state index contributed by atoms with van der Waals surface area (Å²) in [5, 5.41) is 10.1. The summed E-state index contributed by atoms with van der Waals surface area (Å²) in [7, 11) is 0. The number of benzene rings is 1. The third-order valence-corrected chi connectivity index (χ3v) is 4.85. The predicted octanol–water partition coefficient (Wildman–Crippen LogP) is 5.77. The van der Waals surface area contributed by atoms with Crippen LogP contribution in [0.5, 0.6) is 0 Å². The second-order valence-electron chi connectivity index (χ2n) is 8.11. The van der Waals surface area contributed by atoms with Crippen molar-refractivity contribution in [1.82, 2.24) is 20.3 Å². The van der Waals surface area contributed by atoms with Crippen LogP contribution in [0.15, 0.2) is 24.4 Å². The zero-order valence-corrected chi connectivity index (χ0v) is 18.0. The molecule has 0 bridgehead atoms. The van der Waals surface area contributed by atoms with Gasteiger partial charge in [0.2, 0.25) is 5.91 Å². The Labute approximate surface area is 182 Å². The molecular weight excluding hydrogens is 438 g/mol. The Morgan fingerprint density at radius 3 is 2.16 bits per heavy atom. The van der Waals surface area contributed by atoms with Gasteiger partial charge in [-0.2, -0.15) is 26.3 Å². The highest BCUT2D eigenvalue weighted by molar-refractivity contribution is 5.78. The molecule has 1 unspecified atom stereocenters. The van der Waals surface area contributed by atoms with Gasteiger partial charge in [0.1, 0.15) is 5.69 Å². The standard InChI is InChI=1S/C21H26F6N4O/c1-4-5-6-14(7-13(2)3)19(32)28-11-17-12-31(30-29-17)18-9-15(20(22,23)24)8-16(10-18)21(25,26)27/h8-10,12-14H,4-7,11H2,1-3H3,(H,28,32). The van der Waals surface area contributed by atoms with Crippen LogP contribution >= 0.6 is 0 Å². The molecule has 11 heteroatoms. The van der Waals surface area contributed by atoms with Gasteiger partial charge in [0, 0.05) is 5.92 Å². The van der Waals surface area contributed by atoms with Gasteiger partial charge in [0.25, 0.3) is 0 Å². The van der Waals surface area contributed by atoms with Crippen molar-refractivity contribution < 1.29 is 31.1 Å². The van der Waals surface area contributed by atoms with E-state index in [9.17, 15) is 31.1 Å². The van der Waals surface area contributed by atoms with Crippen LogP contribution in [0.4, 0.5) is 26.3 Å². The molecule has 1 amide bonds. The highest BCUT2D eigenvalue weighted by Crippen LogP contribution is 2.37. The van der Waals surface area contributed by atoms with E-state index in [-0.39, 0.29) is 30.1 Å². The van der Waals surface area contributed by atoms with Crippen molar-refractivity contribution in [2.75, 3.05) is 0 Å². The molecule has 5 nitrogen and oxygen atoms in total. The van der Waals surface area contributed by atoms with Crippen LogP contribution < -0.4 is 5.32 Å². The fourth-order valence-corrected chi connectivity index (χ4v) is 3.27. The first-order valence-corrected chi connectivity index (χ1v) is 10.3. The maximum Gasteiger partial charge on any atom is 0.416 e. The normalized spacial score (nSPS) is 13.4. The molecule has 1 atom stereocenters. The zero-order valence-electron chi connectivity index (χ0n) is 18.0. The van der Waals surface area contributed by atoms with Gasteiger partial charge in [0.05, 0.1) is 29.6 Å². The van der Waals surface area contributed by atoms with Gasteiger partial charge >= 0.3 is 12.4 Å². The summed E-state index contributed by atoms with van der Waals surface area (Å²) in [4.78, 5) is 12.5. The monoisotopic (exact) mass is 464 g/mol. The third-order valence-electron chi connectivity index (χ3n) is 4.85. The average molecular weight is 464 g/mol. The van der Waals surface area contributed by atoms with Gasteiger partial charge in [0.15, 0.2) is 0 Å². The summed E-state index contributed by atoms with van der Waals surface area (Å²) in [6, 6.07) is 1.18. The number of hydrogen-bond acceptors (Lipinski definition) is 3. The van der Waals surface area contributed by atoms with Crippen LogP contribution in [-0.2, 0) is 23.7 Å². The Morgan fingerprint density at radius 2 is 1.66 bits per heavy atom. The van der Waals surface area contributed by atoms with Gasteiger partial charge in [-0.25, -0.2) is 4.68 Å². The van der Waals surface area contributed by atoms with Gasteiger partial charge in [-0.1, -0.05) is 38.8 Å². The SMILES string of the molecule is CCCCC(CC(C)C)C(=O)NCc1cn(-c2cc(C(F)(F)F)cc(C(F)(F)F)c2)nn1. The molecule has 0 saturated carbocycles. The minimum Gasteiger partial charge on any atom is -0.350 e. The number of hydrogen-bond donors (Lipinski definition) is 1. The fourth-order valence-electron chi connectivity index (χ4n) is 3.27. The quantitative estimate of drug-likeness (QED) is 0.479. The molecule has 2 aromatic rings. The Balaban J connectivity index is 2.19. The second-order valence-corrected chi connectivity index (χ2v) is 8.11. The smallest absolute Gasteiger partial charge is 0.350 e. The van der Waals surface area contributed by atoms with Crippen LogP contribution in [0, 0.1) is 11.8 Å². The molecule has 1 heterocycles. The number of aromatic nitrogens is 3. The van der Waals surface area contributed by atoms with Crippen molar-refractivity contribution in [3.05, 3.63) is 41.2 Å². The number of carbonyl (C=O) groups is 1. The number of amides is 1. The zero-order chi connectivity index (χ0) is 24.1. The number of rotatable bonds is 9. The summed E-state index contributed by atoms with van der Waals surface area (Å²) >= 11 is 0. The molecule has 0 spiro atoms. The number of carbonyl (C=O) groups excluding carboxylic acids is 1. The first kappa shape index (κ1) is 25.7. The number of nitrogens with zero attached hydrogens (tertiary/aromatic N) is 3. The van der Waals surface area contributed by atoms with Crippen molar-refractivity contribution in [3.8, 4) is 5.69 Å². The van der Waals surface area contributed by atoms with Crippen LogP contribution in [0.25, 0.3) is 5.69 Å². The first-order valence-electron chi connectivity index (χ1n) is 10.3. The van der Waals surface area contributed by atoms with Crippen molar-refractivity contribution in [1.29, 1.82) is 0 Å². The predicted molar refractivity (Wildman–Crippen MR) is 106 cm³/mol. The van der Waals surface area contributed by atoms with Gasteiger partial charge in [-0.15, -0.1) is 5.10 Å². The van der Waals surface area contributed by atoms with Crippen LogP contribution in [0.1, 0.15) is 63.3 Å². The molecule has 0 aliphatic carbocycles. The van der Waals surface area contributed by atoms with E-state index in [2.05, 4.69) is 15.6 Å². The number of halogens is 6. The van der Waals surface area contributed by atoms with E-state index in [0.717, 1.165) is 23.9 Å². The van der Waals surface area contributed by atoms with Crippen molar-refractivity contribution in [3.63, 3.8) is 0 Å². The Morgan fingerprint density at radius 1 is 1.06 bits per heavy atom. The van der Waals surface area contributed by atoms with Crippen molar-refractivity contribution in [2.45, 2.75) is 65.4 Å². The minimum atomic E-state index is -4.96. The Kier molecular flexibility index (Phi) is 8.30. The van der Waals surface area contributed by atoms with E-state index in [4.69, 9.17) is 0 Å². The molecule has 32 heavy (non-hydrogen) atoms. The van der Waals surface area contributed by atoms with Gasteiger partial charge in [-0.3, -0.25) is 4.79 Å². The first-order chi connectivity index (χ1) is 14.8. The number of nitrogens with one attached hydrogen (secondary N) is 1. The van der Waals surface area contributed by atoms with Crippen molar-refractivity contribution in [2.24, 2.45) is 11.8 Å². The lowest BCUT2D eigenvalue weighted by Crippen LogP contribution is -2.31. The molecule has 0 fully saturated rings. The van der Waals surface area contributed by atoms with E-state index < -0.39 is 29.2 Å². The Hall–Kier alpha value is -2.59. The lowest BCUT2D eigenvalue weighted by Gasteiger charge is -2.18. The molecule has 178 valence electrons. The van der Waals surface area contributed by atoms with Crippen LogP contribution in [0.3, 0.4) is 0 Å². The topological polar surface area (TPSA) is 59.8 Å². The maximum absolute atomic E-state index is 13.1. The van der Waals surface area contributed by atoms with E-state index in [1.54, 1.807) is 0 Å². The van der Waals surface area contributed by atoms with Crippen LogP contribution in [-0.4, -0.2) is 20.9 Å². The van der Waals surface area contributed by atoms with E-state index >= 15 is 0 Å². The molecule has 1 N–H and O–H groups in total. The summed E-state index contributed by atoms with van der Waals surface area (Å²) in [5.74, 6) is -0.0184. The summed E-state index contributed by atoms with van der Waals surface area (Å²) < 4.78 is 79.2. The Bertz CT molecular complexity index is 872. The molecule has 0 aliphatic heterocycles. The highest BCUT2D eigenvalue weighted by atomic mass is 19.4. The van der Waals surface area contributed by atoms with Crippen LogP contribution in [0.2, 0.25) is 0 Å².